The lowest BCUT2D eigenvalue weighted by molar-refractivity contribution is -0.140. The molecule has 9 nitrogen and oxygen atoms in total. The summed E-state index contributed by atoms with van der Waals surface area (Å²) in [6, 6.07) is 9.96. The molecule has 0 aliphatic carbocycles. The van der Waals surface area contributed by atoms with Crippen molar-refractivity contribution in [3.63, 3.8) is 0 Å². The topological polar surface area (TPSA) is 132 Å². The van der Waals surface area contributed by atoms with E-state index >= 15 is 0 Å². The maximum Gasteiger partial charge on any atom is 0.408 e. The Hall–Kier alpha value is -4.06. The predicted octanol–water partition coefficient (Wildman–Crippen LogP) is 5.29. The van der Waals surface area contributed by atoms with Crippen molar-refractivity contribution in [3.05, 3.63) is 58.7 Å². The van der Waals surface area contributed by atoms with E-state index in [0.29, 0.717) is 16.8 Å². The van der Waals surface area contributed by atoms with E-state index in [0.717, 1.165) is 11.1 Å². The Labute approximate surface area is 231 Å². The zero-order valence-electron chi connectivity index (χ0n) is 24.1. The molecule has 0 aromatic heterocycles. The molecular formula is C30H40N4O5. The quantitative estimate of drug-likeness (QED) is 0.373. The number of nitrogens with one attached hydrogen (secondary N) is 2. The molecule has 0 saturated heterocycles. The minimum absolute atomic E-state index is 0.00985. The van der Waals surface area contributed by atoms with Gasteiger partial charge in [0.2, 0.25) is 5.91 Å². The number of hydrogen-bond donors (Lipinski definition) is 3. The average Bonchev–Trinajstić information content (AvgIpc) is 2.81. The van der Waals surface area contributed by atoms with Gasteiger partial charge >= 0.3 is 6.09 Å². The van der Waals surface area contributed by atoms with Gasteiger partial charge in [-0.1, -0.05) is 38.1 Å². The molecule has 3 N–H and O–H groups in total. The molecule has 2 atom stereocenters. The summed E-state index contributed by atoms with van der Waals surface area (Å²) in [4.78, 5) is 41.7. The molecule has 0 fully saturated rings. The molecule has 3 amide bonds. The Morgan fingerprint density at radius 1 is 1.05 bits per heavy atom. The van der Waals surface area contributed by atoms with Crippen molar-refractivity contribution in [2.24, 2.45) is 5.92 Å². The van der Waals surface area contributed by atoms with Crippen molar-refractivity contribution in [2.75, 3.05) is 11.9 Å². The first-order valence-electron chi connectivity index (χ1n) is 13.0. The fourth-order valence-electron chi connectivity index (χ4n) is 4.24. The summed E-state index contributed by atoms with van der Waals surface area (Å²) in [6.45, 7) is 14.0. The molecular weight excluding hydrogens is 496 g/mol. The van der Waals surface area contributed by atoms with Gasteiger partial charge < -0.3 is 25.4 Å². The van der Waals surface area contributed by atoms with Gasteiger partial charge in [0.15, 0.2) is 0 Å². The number of phenolic OH excluding ortho intramolecular Hbond substituents is 1. The number of carbonyl (C=O) groups is 3. The number of amides is 3. The van der Waals surface area contributed by atoms with Crippen LogP contribution in [0, 0.1) is 38.0 Å². The lowest BCUT2D eigenvalue weighted by Crippen LogP contribution is -2.53. The summed E-state index contributed by atoms with van der Waals surface area (Å²) in [5.41, 5.74) is 2.43. The smallest absolute Gasteiger partial charge is 0.408 e. The number of phenols is 1. The molecule has 0 heterocycles. The van der Waals surface area contributed by atoms with Crippen LogP contribution in [0.2, 0.25) is 0 Å². The number of anilines is 1. The molecule has 2 rings (SSSR count). The second-order valence-electron chi connectivity index (χ2n) is 11.2. The molecule has 0 spiro atoms. The number of hydrogen-bond acceptors (Lipinski definition) is 6. The van der Waals surface area contributed by atoms with Crippen LogP contribution in [-0.2, 0) is 14.3 Å². The summed E-state index contributed by atoms with van der Waals surface area (Å²) in [5, 5.41) is 25.4. The van der Waals surface area contributed by atoms with Gasteiger partial charge in [-0.25, -0.2) is 4.79 Å². The molecule has 0 bridgehead atoms. The average molecular weight is 537 g/mol. The molecule has 39 heavy (non-hydrogen) atoms. The summed E-state index contributed by atoms with van der Waals surface area (Å²) in [7, 11) is 0. The number of carbonyl (C=O) groups excluding carboxylic acids is 3. The number of nitriles is 1. The zero-order valence-corrected chi connectivity index (χ0v) is 24.1. The Kier molecular flexibility index (Phi) is 10.5. The monoisotopic (exact) mass is 536 g/mol. The SMILES string of the molecule is Cc1cc(C(C(=O)Nc2c(C)cccc2C)N(CC#N)C(=O)C(CC(C)C)NC(=O)OC(C)(C)C)ccc1O. The molecule has 210 valence electrons. The number of rotatable bonds is 9. The molecule has 0 aliphatic rings. The first-order valence-corrected chi connectivity index (χ1v) is 13.0. The minimum atomic E-state index is -1.22. The third-order valence-corrected chi connectivity index (χ3v) is 6.05. The second-order valence-corrected chi connectivity index (χ2v) is 11.2. The van der Waals surface area contributed by atoms with Gasteiger partial charge in [0, 0.05) is 5.69 Å². The van der Waals surface area contributed by atoms with Crippen LogP contribution in [0.5, 0.6) is 5.75 Å². The summed E-state index contributed by atoms with van der Waals surface area (Å²) >= 11 is 0. The van der Waals surface area contributed by atoms with Crippen molar-refractivity contribution < 1.29 is 24.2 Å². The van der Waals surface area contributed by atoms with Crippen LogP contribution in [-0.4, -0.2) is 46.1 Å². The number of nitrogens with zero attached hydrogens (tertiary/aromatic N) is 2. The van der Waals surface area contributed by atoms with Gasteiger partial charge in [0.05, 0.1) is 6.07 Å². The Balaban J connectivity index is 2.59. The molecule has 0 aliphatic heterocycles. The lowest BCUT2D eigenvalue weighted by atomic mass is 9.97. The third kappa shape index (κ3) is 8.74. The van der Waals surface area contributed by atoms with Crippen LogP contribution in [0.1, 0.15) is 69.3 Å². The highest BCUT2D eigenvalue weighted by Crippen LogP contribution is 2.30. The summed E-state index contributed by atoms with van der Waals surface area (Å²) in [6.07, 6.45) is -0.504. The predicted molar refractivity (Wildman–Crippen MR) is 150 cm³/mol. The highest BCUT2D eigenvalue weighted by Gasteiger charge is 2.37. The highest BCUT2D eigenvalue weighted by atomic mass is 16.6. The third-order valence-electron chi connectivity index (χ3n) is 6.05. The van der Waals surface area contributed by atoms with Crippen LogP contribution in [0.4, 0.5) is 10.5 Å². The maximum atomic E-state index is 14.0. The van der Waals surface area contributed by atoms with E-state index in [2.05, 4.69) is 10.6 Å². The first kappa shape index (κ1) is 31.2. The summed E-state index contributed by atoms with van der Waals surface area (Å²) in [5.74, 6) is -1.07. The molecule has 2 aromatic carbocycles. The Morgan fingerprint density at radius 3 is 2.18 bits per heavy atom. The van der Waals surface area contributed by atoms with Crippen molar-refractivity contribution in [3.8, 4) is 11.8 Å². The van der Waals surface area contributed by atoms with Crippen LogP contribution >= 0.6 is 0 Å². The van der Waals surface area contributed by atoms with Crippen molar-refractivity contribution >= 4 is 23.6 Å². The lowest BCUT2D eigenvalue weighted by Gasteiger charge is -2.33. The van der Waals surface area contributed by atoms with E-state index < -0.39 is 42.1 Å². The Bertz CT molecular complexity index is 1220. The highest BCUT2D eigenvalue weighted by molar-refractivity contribution is 6.00. The van der Waals surface area contributed by atoms with Crippen molar-refractivity contribution in [1.82, 2.24) is 10.2 Å². The molecule has 2 aromatic rings. The van der Waals surface area contributed by atoms with Gasteiger partial charge in [0.1, 0.15) is 30.0 Å². The zero-order chi connectivity index (χ0) is 29.5. The molecule has 0 saturated carbocycles. The molecule has 9 heteroatoms. The van der Waals surface area contributed by atoms with Crippen molar-refractivity contribution in [1.29, 1.82) is 5.26 Å². The number of aromatic hydroxyl groups is 1. The van der Waals surface area contributed by atoms with Crippen LogP contribution < -0.4 is 10.6 Å². The van der Waals surface area contributed by atoms with E-state index in [1.807, 2.05) is 52.0 Å². The maximum absolute atomic E-state index is 14.0. The van der Waals surface area contributed by atoms with Gasteiger partial charge in [0.25, 0.3) is 5.91 Å². The van der Waals surface area contributed by atoms with E-state index in [1.54, 1.807) is 39.8 Å². The van der Waals surface area contributed by atoms with Gasteiger partial charge in [-0.3, -0.25) is 9.59 Å². The van der Waals surface area contributed by atoms with Crippen LogP contribution in [0.3, 0.4) is 0 Å². The number of ether oxygens (including phenoxy) is 1. The summed E-state index contributed by atoms with van der Waals surface area (Å²) < 4.78 is 5.37. The fraction of sp³-hybridized carbons (Fsp3) is 0.467. The van der Waals surface area contributed by atoms with E-state index in [9.17, 15) is 24.8 Å². The van der Waals surface area contributed by atoms with Crippen LogP contribution in [0.25, 0.3) is 0 Å². The van der Waals surface area contributed by atoms with Crippen molar-refractivity contribution in [2.45, 2.75) is 79.5 Å². The van der Waals surface area contributed by atoms with Gasteiger partial charge in [-0.15, -0.1) is 0 Å². The molecule has 0 radical (unpaired) electrons. The second kappa shape index (κ2) is 13.1. The fourth-order valence-corrected chi connectivity index (χ4v) is 4.24. The molecule has 2 unspecified atom stereocenters. The van der Waals surface area contributed by atoms with E-state index in [4.69, 9.17) is 4.74 Å². The number of aryl methyl sites for hydroxylation is 3. The largest absolute Gasteiger partial charge is 0.508 e. The standard InChI is InChI=1S/C30H40N4O5/c1-18(2)16-23(32-29(38)39-30(6,7)8)28(37)34(15-14-31)26(22-12-13-24(35)21(5)17-22)27(36)33-25-19(3)10-9-11-20(25)4/h9-13,17-18,23,26,35H,15-16H2,1-8H3,(H,32,38)(H,33,36). The number of benzene rings is 2. The first-order chi connectivity index (χ1) is 18.1. The number of para-hydroxylation sites is 1. The normalized spacial score (nSPS) is 12.7. The Morgan fingerprint density at radius 2 is 1.67 bits per heavy atom. The number of alkyl carbamates (subject to hydrolysis) is 1. The van der Waals surface area contributed by atoms with Gasteiger partial charge in [-0.05, 0) is 88.3 Å². The minimum Gasteiger partial charge on any atom is -0.508 e. The van der Waals surface area contributed by atoms with Crippen LogP contribution in [0.15, 0.2) is 36.4 Å². The van der Waals surface area contributed by atoms with E-state index in [1.165, 1.54) is 11.0 Å². The van der Waals surface area contributed by atoms with E-state index in [-0.39, 0.29) is 18.1 Å². The van der Waals surface area contributed by atoms with Gasteiger partial charge in [-0.2, -0.15) is 5.26 Å².